The van der Waals surface area contributed by atoms with Crippen LogP contribution in [0, 0.1) is 0 Å². The zero-order valence-corrected chi connectivity index (χ0v) is 15.2. The summed E-state index contributed by atoms with van der Waals surface area (Å²) in [6.45, 7) is 1.04. The molecule has 26 heavy (non-hydrogen) atoms. The summed E-state index contributed by atoms with van der Waals surface area (Å²) in [5.41, 5.74) is 2.49. The summed E-state index contributed by atoms with van der Waals surface area (Å²) in [5.74, 6) is 0.536. The van der Waals surface area contributed by atoms with Crippen LogP contribution in [0.3, 0.4) is 0 Å². The van der Waals surface area contributed by atoms with Gasteiger partial charge in [-0.3, -0.25) is 9.48 Å². The molecule has 0 unspecified atom stereocenters. The molecule has 0 aliphatic carbocycles. The summed E-state index contributed by atoms with van der Waals surface area (Å²) in [4.78, 5) is 24.8. The first kappa shape index (κ1) is 17.6. The number of aromatic nitrogens is 4. The van der Waals surface area contributed by atoms with Crippen LogP contribution in [0.2, 0.25) is 0 Å². The highest BCUT2D eigenvalue weighted by molar-refractivity contribution is 5.93. The van der Waals surface area contributed by atoms with Gasteiger partial charge in [-0.15, -0.1) is 0 Å². The second kappa shape index (κ2) is 7.77. The maximum Gasteiger partial charge on any atom is 0.257 e. The van der Waals surface area contributed by atoms with Crippen molar-refractivity contribution in [3.05, 3.63) is 71.8 Å². The highest BCUT2D eigenvalue weighted by atomic mass is 16.2. The monoisotopic (exact) mass is 350 g/mol. The first-order valence-corrected chi connectivity index (χ1v) is 8.34. The van der Waals surface area contributed by atoms with Crippen LogP contribution >= 0.6 is 0 Å². The SMILES string of the molecule is CN(Cc1ccnc(N(C)C)n1)C(=O)c1cnn(Cc2ccccc2)c1. The standard InChI is InChI=1S/C19H22N6O/c1-23(2)19-20-10-9-17(22-19)14-24(3)18(26)16-11-21-25(13-16)12-15-7-5-4-6-8-15/h4-11,13H,12,14H2,1-3H3. The van der Waals surface area contributed by atoms with Crippen molar-refractivity contribution in [3.63, 3.8) is 0 Å². The topological polar surface area (TPSA) is 67.2 Å². The smallest absolute Gasteiger partial charge is 0.257 e. The number of nitrogens with zero attached hydrogens (tertiary/aromatic N) is 6. The molecule has 2 heterocycles. The number of rotatable bonds is 6. The number of hydrogen-bond acceptors (Lipinski definition) is 5. The summed E-state index contributed by atoms with van der Waals surface area (Å²) in [5, 5.41) is 4.30. The number of carbonyl (C=O) groups is 1. The molecule has 0 fully saturated rings. The van der Waals surface area contributed by atoms with E-state index in [1.54, 1.807) is 35.2 Å². The Morgan fingerprint density at radius 3 is 2.62 bits per heavy atom. The van der Waals surface area contributed by atoms with Gasteiger partial charge in [0.15, 0.2) is 0 Å². The quantitative estimate of drug-likeness (QED) is 0.681. The molecule has 7 nitrogen and oxygen atoms in total. The van der Waals surface area contributed by atoms with Gasteiger partial charge < -0.3 is 9.80 Å². The summed E-state index contributed by atoms with van der Waals surface area (Å²) >= 11 is 0. The van der Waals surface area contributed by atoms with Crippen molar-refractivity contribution >= 4 is 11.9 Å². The molecule has 0 N–H and O–H groups in total. The minimum absolute atomic E-state index is 0.0886. The molecule has 0 spiro atoms. The molecule has 1 aromatic carbocycles. The van der Waals surface area contributed by atoms with E-state index in [0.29, 0.717) is 24.6 Å². The van der Waals surface area contributed by atoms with Crippen molar-refractivity contribution < 1.29 is 4.79 Å². The molecule has 0 radical (unpaired) electrons. The van der Waals surface area contributed by atoms with Crippen molar-refractivity contribution in [1.82, 2.24) is 24.6 Å². The van der Waals surface area contributed by atoms with Crippen LogP contribution in [0.1, 0.15) is 21.6 Å². The molecule has 3 aromatic rings. The molecule has 0 atom stereocenters. The van der Waals surface area contributed by atoms with Crippen LogP contribution in [0.15, 0.2) is 55.0 Å². The maximum atomic E-state index is 12.7. The normalized spacial score (nSPS) is 10.6. The van der Waals surface area contributed by atoms with E-state index in [1.165, 1.54) is 0 Å². The summed E-state index contributed by atoms with van der Waals surface area (Å²) in [6.07, 6.45) is 5.08. The van der Waals surface area contributed by atoms with Gasteiger partial charge in [0.2, 0.25) is 5.95 Å². The third-order valence-electron chi connectivity index (χ3n) is 3.91. The highest BCUT2D eigenvalue weighted by Gasteiger charge is 2.15. The number of hydrogen-bond donors (Lipinski definition) is 0. The Kier molecular flexibility index (Phi) is 5.26. The van der Waals surface area contributed by atoms with Gasteiger partial charge in [-0.1, -0.05) is 30.3 Å². The van der Waals surface area contributed by atoms with Crippen molar-refractivity contribution in [1.29, 1.82) is 0 Å². The predicted molar refractivity (Wildman–Crippen MR) is 99.9 cm³/mol. The third kappa shape index (κ3) is 4.24. The fourth-order valence-electron chi connectivity index (χ4n) is 2.55. The highest BCUT2D eigenvalue weighted by Crippen LogP contribution is 2.10. The van der Waals surface area contributed by atoms with E-state index in [-0.39, 0.29) is 5.91 Å². The van der Waals surface area contributed by atoms with Gasteiger partial charge in [0, 0.05) is 33.5 Å². The van der Waals surface area contributed by atoms with Crippen molar-refractivity contribution in [2.75, 3.05) is 26.0 Å². The largest absolute Gasteiger partial charge is 0.347 e. The van der Waals surface area contributed by atoms with E-state index in [1.807, 2.05) is 55.4 Å². The first-order chi connectivity index (χ1) is 12.5. The third-order valence-corrected chi connectivity index (χ3v) is 3.91. The van der Waals surface area contributed by atoms with Crippen molar-refractivity contribution in [2.45, 2.75) is 13.1 Å². The van der Waals surface area contributed by atoms with Crippen molar-refractivity contribution in [3.8, 4) is 0 Å². The molecule has 3 rings (SSSR count). The van der Waals surface area contributed by atoms with Gasteiger partial charge in [-0.05, 0) is 11.6 Å². The molecule has 0 aliphatic heterocycles. The predicted octanol–water partition coefficient (Wildman–Crippen LogP) is 2.06. The summed E-state index contributed by atoms with van der Waals surface area (Å²) in [7, 11) is 5.53. The molecule has 134 valence electrons. The number of benzene rings is 1. The minimum atomic E-state index is -0.0886. The van der Waals surface area contributed by atoms with Gasteiger partial charge >= 0.3 is 0 Å². The lowest BCUT2D eigenvalue weighted by Gasteiger charge is -2.17. The average molecular weight is 350 g/mol. The van der Waals surface area contributed by atoms with Gasteiger partial charge in [0.25, 0.3) is 5.91 Å². The Labute approximate surface area is 152 Å². The lowest BCUT2D eigenvalue weighted by molar-refractivity contribution is 0.0783. The zero-order valence-electron chi connectivity index (χ0n) is 15.2. The van der Waals surface area contributed by atoms with E-state index in [0.717, 1.165) is 11.3 Å². The molecule has 0 aliphatic rings. The number of amides is 1. The first-order valence-electron chi connectivity index (χ1n) is 8.34. The Bertz CT molecular complexity index is 875. The minimum Gasteiger partial charge on any atom is -0.347 e. The van der Waals surface area contributed by atoms with Gasteiger partial charge in [0.1, 0.15) is 0 Å². The Hall–Kier alpha value is -3.22. The summed E-state index contributed by atoms with van der Waals surface area (Å²) in [6, 6.07) is 11.8. The number of carbonyl (C=O) groups excluding carboxylic acids is 1. The van der Waals surface area contributed by atoms with E-state index >= 15 is 0 Å². The summed E-state index contributed by atoms with van der Waals surface area (Å²) < 4.78 is 1.77. The Morgan fingerprint density at radius 2 is 1.88 bits per heavy atom. The van der Waals surface area contributed by atoms with Crippen LogP contribution in [0.25, 0.3) is 0 Å². The fraction of sp³-hybridized carbons (Fsp3) is 0.263. The Morgan fingerprint density at radius 1 is 1.12 bits per heavy atom. The Balaban J connectivity index is 1.66. The molecule has 0 saturated carbocycles. The molecule has 7 heteroatoms. The fourth-order valence-corrected chi connectivity index (χ4v) is 2.55. The number of anilines is 1. The molecule has 2 aromatic heterocycles. The molecular formula is C19H22N6O. The lowest BCUT2D eigenvalue weighted by Crippen LogP contribution is -2.26. The van der Waals surface area contributed by atoms with Gasteiger partial charge in [0.05, 0.1) is 30.5 Å². The van der Waals surface area contributed by atoms with Crippen LogP contribution in [-0.4, -0.2) is 51.7 Å². The van der Waals surface area contributed by atoms with Crippen molar-refractivity contribution in [2.24, 2.45) is 0 Å². The molecule has 0 saturated heterocycles. The van der Waals surface area contributed by atoms with Crippen LogP contribution in [0.5, 0.6) is 0 Å². The van der Waals surface area contributed by atoms with Crippen LogP contribution < -0.4 is 4.90 Å². The van der Waals surface area contributed by atoms with E-state index in [4.69, 9.17) is 0 Å². The second-order valence-corrected chi connectivity index (χ2v) is 6.32. The molecule has 1 amide bonds. The van der Waals surface area contributed by atoms with Gasteiger partial charge in [-0.2, -0.15) is 5.10 Å². The maximum absolute atomic E-state index is 12.7. The molecule has 0 bridgehead atoms. The lowest BCUT2D eigenvalue weighted by atomic mass is 10.2. The van der Waals surface area contributed by atoms with Crippen LogP contribution in [-0.2, 0) is 13.1 Å². The average Bonchev–Trinajstić information content (AvgIpc) is 3.10. The second-order valence-electron chi connectivity index (χ2n) is 6.32. The van der Waals surface area contributed by atoms with E-state index < -0.39 is 0 Å². The van der Waals surface area contributed by atoms with Gasteiger partial charge in [-0.25, -0.2) is 9.97 Å². The van der Waals surface area contributed by atoms with E-state index in [2.05, 4.69) is 15.1 Å². The zero-order chi connectivity index (χ0) is 18.5. The van der Waals surface area contributed by atoms with Crippen LogP contribution in [0.4, 0.5) is 5.95 Å². The molecular weight excluding hydrogens is 328 g/mol. The van der Waals surface area contributed by atoms with E-state index in [9.17, 15) is 4.79 Å².